The fourth-order valence-electron chi connectivity index (χ4n) is 3.98. The monoisotopic (exact) mass is 479 g/mol. The molecule has 3 heterocycles. The van der Waals surface area contributed by atoms with Gasteiger partial charge in [-0.1, -0.05) is 0 Å². The molecule has 2 aromatic heterocycles. The largest absolute Gasteiger partial charge is 0.493 e. The third kappa shape index (κ3) is 3.86. The molecule has 2 N–H and O–H groups in total. The minimum atomic E-state index is -4.75. The van der Waals surface area contributed by atoms with Crippen LogP contribution in [0, 0.1) is 0 Å². The maximum Gasteiger partial charge on any atom is 0.417 e. The van der Waals surface area contributed by atoms with E-state index in [1.165, 1.54) is 44.2 Å². The molecule has 3 aromatic rings. The number of fused-ring (bicyclic) bond motifs is 2. The lowest BCUT2D eigenvalue weighted by atomic mass is 9.96. The van der Waals surface area contributed by atoms with Crippen molar-refractivity contribution in [3.63, 3.8) is 0 Å². The first-order chi connectivity index (χ1) is 15.6. The molecule has 33 heavy (non-hydrogen) atoms. The Kier molecular flexibility index (Phi) is 5.69. The summed E-state index contributed by atoms with van der Waals surface area (Å²) in [5, 5.41) is -0.305. The molecule has 174 valence electrons. The van der Waals surface area contributed by atoms with E-state index in [1.807, 2.05) is 0 Å². The van der Waals surface area contributed by atoms with Crippen LogP contribution in [0.1, 0.15) is 39.0 Å². The van der Waals surface area contributed by atoms with Crippen LogP contribution >= 0.6 is 11.3 Å². The van der Waals surface area contributed by atoms with Gasteiger partial charge in [0.2, 0.25) is 11.7 Å². The lowest BCUT2D eigenvalue weighted by molar-refractivity contribution is -0.138. The minimum Gasteiger partial charge on any atom is -0.493 e. The number of ketones is 1. The third-order valence-corrected chi connectivity index (χ3v) is 6.71. The summed E-state index contributed by atoms with van der Waals surface area (Å²) in [6.45, 7) is 1.37. The van der Waals surface area contributed by atoms with Gasteiger partial charge < -0.3 is 20.1 Å². The summed E-state index contributed by atoms with van der Waals surface area (Å²) in [7, 11) is 2.86. The maximum absolute atomic E-state index is 14.2. The van der Waals surface area contributed by atoms with E-state index in [-0.39, 0.29) is 63.0 Å². The van der Waals surface area contributed by atoms with E-state index in [0.717, 1.165) is 11.3 Å². The van der Waals surface area contributed by atoms with Gasteiger partial charge in [-0.25, -0.2) is 4.98 Å². The summed E-state index contributed by atoms with van der Waals surface area (Å²) in [4.78, 5) is 30.7. The van der Waals surface area contributed by atoms with Crippen molar-refractivity contribution in [1.82, 2.24) is 9.88 Å². The molecule has 4 rings (SSSR count). The Labute approximate surface area is 190 Å². The number of thiophene rings is 1. The Balaban J connectivity index is 1.91. The first kappa shape index (κ1) is 22.8. The smallest absolute Gasteiger partial charge is 0.417 e. The van der Waals surface area contributed by atoms with Gasteiger partial charge in [-0.05, 0) is 18.2 Å². The number of carbonyl (C=O) groups excluding carboxylic acids is 2. The molecule has 0 spiro atoms. The number of alkyl halides is 3. The van der Waals surface area contributed by atoms with Crippen molar-refractivity contribution in [3.05, 3.63) is 45.5 Å². The SMILES string of the molecule is COc1ccc(C(=O)c2sc3nc4c(c(C(F)(F)F)c3c2N)CN(C(C)=O)CC4)cc1OC. The molecule has 11 heteroatoms. The molecule has 0 aliphatic carbocycles. The number of nitrogens with zero attached hydrogens (tertiary/aromatic N) is 2. The Morgan fingerprint density at radius 1 is 1.18 bits per heavy atom. The van der Waals surface area contributed by atoms with Crippen molar-refractivity contribution in [2.75, 3.05) is 26.5 Å². The van der Waals surface area contributed by atoms with Crippen molar-refractivity contribution in [2.24, 2.45) is 0 Å². The first-order valence-electron chi connectivity index (χ1n) is 9.90. The summed E-state index contributed by atoms with van der Waals surface area (Å²) in [5.41, 5.74) is 5.30. The molecule has 1 aliphatic rings. The summed E-state index contributed by atoms with van der Waals surface area (Å²) < 4.78 is 53.1. The van der Waals surface area contributed by atoms with Crippen molar-refractivity contribution < 1.29 is 32.2 Å². The van der Waals surface area contributed by atoms with Gasteiger partial charge in [0.1, 0.15) is 9.71 Å². The molecule has 1 amide bonds. The van der Waals surface area contributed by atoms with Gasteiger partial charge in [-0.3, -0.25) is 9.59 Å². The van der Waals surface area contributed by atoms with Gasteiger partial charge in [0.25, 0.3) is 0 Å². The number of hydrogen-bond donors (Lipinski definition) is 1. The molecule has 1 aliphatic heterocycles. The number of halogens is 3. The quantitative estimate of drug-likeness (QED) is 0.568. The number of aromatic nitrogens is 1. The lowest BCUT2D eigenvalue weighted by Gasteiger charge is -2.29. The Hall–Kier alpha value is -3.34. The van der Waals surface area contributed by atoms with Crippen LogP contribution in [0.5, 0.6) is 11.5 Å². The topological polar surface area (TPSA) is 94.7 Å². The number of rotatable bonds is 4. The molecule has 1 aromatic carbocycles. The number of anilines is 1. The van der Waals surface area contributed by atoms with Crippen LogP contribution < -0.4 is 15.2 Å². The molecule has 0 radical (unpaired) electrons. The van der Waals surface area contributed by atoms with Crippen molar-refractivity contribution in [1.29, 1.82) is 0 Å². The first-order valence-corrected chi connectivity index (χ1v) is 10.7. The average Bonchev–Trinajstić information content (AvgIpc) is 3.10. The number of pyridine rings is 1. The van der Waals surface area contributed by atoms with Gasteiger partial charge in [0.05, 0.1) is 25.5 Å². The molecule has 0 unspecified atom stereocenters. The molecule has 0 saturated carbocycles. The van der Waals surface area contributed by atoms with Crippen LogP contribution in [-0.4, -0.2) is 42.3 Å². The average molecular weight is 479 g/mol. The van der Waals surface area contributed by atoms with Gasteiger partial charge in [0.15, 0.2) is 11.5 Å². The molecule has 0 fully saturated rings. The molecular formula is C22H20F3N3O4S. The summed E-state index contributed by atoms with van der Waals surface area (Å²) in [5.74, 6) is -0.164. The highest BCUT2D eigenvalue weighted by molar-refractivity contribution is 7.21. The Morgan fingerprint density at radius 2 is 1.88 bits per heavy atom. The van der Waals surface area contributed by atoms with Crippen LogP contribution in [0.4, 0.5) is 18.9 Å². The maximum atomic E-state index is 14.2. The summed E-state index contributed by atoms with van der Waals surface area (Å²) in [6, 6.07) is 4.46. The van der Waals surface area contributed by atoms with E-state index in [9.17, 15) is 22.8 Å². The predicted octanol–water partition coefficient (Wildman–Crippen LogP) is 4.05. The van der Waals surface area contributed by atoms with E-state index in [1.54, 1.807) is 0 Å². The standard InChI is InChI=1S/C22H20F3N3O4S/c1-10(29)28-7-6-13-12(9-28)17(22(23,24)25)16-18(26)20(33-21(16)27-13)19(30)11-4-5-14(31-2)15(8-11)32-3/h4-5,8H,6-7,9,26H2,1-3H3. The molecule has 0 atom stereocenters. The van der Waals surface area contributed by atoms with Crippen molar-refractivity contribution in [2.45, 2.75) is 26.1 Å². The molecular weight excluding hydrogens is 459 g/mol. The number of ether oxygens (including phenoxy) is 2. The number of nitrogens with two attached hydrogens (primary N) is 1. The second-order valence-electron chi connectivity index (χ2n) is 7.52. The van der Waals surface area contributed by atoms with Gasteiger partial charge in [-0.15, -0.1) is 11.3 Å². The molecule has 0 bridgehead atoms. The molecule has 0 saturated heterocycles. The van der Waals surface area contributed by atoms with Gasteiger partial charge >= 0.3 is 6.18 Å². The van der Waals surface area contributed by atoms with Gasteiger partial charge in [-0.2, -0.15) is 13.2 Å². The highest BCUT2D eigenvalue weighted by Gasteiger charge is 2.41. The number of carbonyl (C=O) groups is 2. The fourth-order valence-corrected chi connectivity index (χ4v) is 5.07. The van der Waals surface area contributed by atoms with E-state index in [0.29, 0.717) is 11.5 Å². The predicted molar refractivity (Wildman–Crippen MR) is 117 cm³/mol. The van der Waals surface area contributed by atoms with E-state index in [2.05, 4.69) is 4.98 Å². The fraction of sp³-hybridized carbons (Fsp3) is 0.318. The number of benzene rings is 1. The summed E-state index contributed by atoms with van der Waals surface area (Å²) >= 11 is 0.822. The van der Waals surface area contributed by atoms with E-state index < -0.39 is 17.5 Å². The Bertz CT molecular complexity index is 1290. The zero-order valence-corrected chi connectivity index (χ0v) is 18.8. The number of amides is 1. The zero-order chi connectivity index (χ0) is 24.1. The summed E-state index contributed by atoms with van der Waals surface area (Å²) in [6.07, 6.45) is -4.56. The number of methoxy groups -OCH3 is 2. The lowest BCUT2D eigenvalue weighted by Crippen LogP contribution is -2.36. The second-order valence-corrected chi connectivity index (χ2v) is 8.52. The molecule has 7 nitrogen and oxygen atoms in total. The van der Waals surface area contributed by atoms with Crippen LogP contribution in [0.3, 0.4) is 0 Å². The highest BCUT2D eigenvalue weighted by Crippen LogP contribution is 2.46. The Morgan fingerprint density at radius 3 is 2.48 bits per heavy atom. The zero-order valence-electron chi connectivity index (χ0n) is 18.0. The van der Waals surface area contributed by atoms with Crippen LogP contribution in [0.2, 0.25) is 0 Å². The minimum absolute atomic E-state index is 0.0404. The van der Waals surface area contributed by atoms with Crippen LogP contribution in [0.15, 0.2) is 18.2 Å². The number of hydrogen-bond acceptors (Lipinski definition) is 7. The van der Waals surface area contributed by atoms with Crippen molar-refractivity contribution >= 4 is 38.9 Å². The van der Waals surface area contributed by atoms with Gasteiger partial charge in [0, 0.05) is 48.6 Å². The van der Waals surface area contributed by atoms with E-state index in [4.69, 9.17) is 15.2 Å². The number of nitrogen functional groups attached to an aromatic ring is 1. The van der Waals surface area contributed by atoms with Crippen LogP contribution in [0.25, 0.3) is 10.2 Å². The van der Waals surface area contributed by atoms with E-state index >= 15 is 0 Å². The third-order valence-electron chi connectivity index (χ3n) is 5.61. The normalized spacial score (nSPS) is 13.7. The highest BCUT2D eigenvalue weighted by atomic mass is 32.1. The van der Waals surface area contributed by atoms with Crippen LogP contribution in [-0.2, 0) is 23.9 Å². The second kappa shape index (κ2) is 8.22. The van der Waals surface area contributed by atoms with Crippen molar-refractivity contribution in [3.8, 4) is 11.5 Å².